The molecule has 0 radical (unpaired) electrons. The van der Waals surface area contributed by atoms with Gasteiger partial charge < -0.3 is 4.74 Å². The Morgan fingerprint density at radius 1 is 1.10 bits per heavy atom. The van der Waals surface area contributed by atoms with Crippen LogP contribution >= 0.6 is 0 Å². The smallest absolute Gasteiger partial charge is 0.337 e. The largest absolute Gasteiger partial charge is 0.465 e. The van der Waals surface area contributed by atoms with Crippen molar-refractivity contribution in [2.45, 2.75) is 38.2 Å². The number of hydrogen-bond acceptors (Lipinski definition) is 4. The molecular formula is C16H18N2O2. The average Bonchev–Trinajstić information content (AvgIpc) is 2.57. The van der Waals surface area contributed by atoms with E-state index in [1.807, 2.05) is 0 Å². The van der Waals surface area contributed by atoms with Gasteiger partial charge in [-0.15, -0.1) is 0 Å². The predicted octanol–water partition coefficient (Wildman–Crippen LogP) is 3.08. The highest BCUT2D eigenvalue weighted by Gasteiger charge is 2.27. The molecule has 0 aliphatic rings. The van der Waals surface area contributed by atoms with Crippen LogP contribution in [0.3, 0.4) is 0 Å². The molecule has 0 saturated carbocycles. The summed E-state index contributed by atoms with van der Waals surface area (Å²) in [5.74, 6) is -1.21. The zero-order valence-electron chi connectivity index (χ0n) is 22.4. The number of nitrogens with zero attached hydrogens (tertiary/aromatic N) is 2. The van der Waals surface area contributed by atoms with Crippen molar-refractivity contribution < 1.29 is 26.0 Å². The number of methoxy groups -OCH3 is 1. The minimum absolute atomic E-state index is 0.552. The van der Waals surface area contributed by atoms with Crippen molar-refractivity contribution in [1.82, 2.24) is 0 Å². The molecule has 0 aromatic heterocycles. The zero-order chi connectivity index (χ0) is 25.6. The fourth-order valence-electron chi connectivity index (χ4n) is 1.43. The van der Waals surface area contributed by atoms with Crippen LogP contribution in [0.1, 0.15) is 65.3 Å². The fourth-order valence-corrected chi connectivity index (χ4v) is 1.43. The van der Waals surface area contributed by atoms with Gasteiger partial charge in [-0.2, -0.15) is 10.5 Å². The molecule has 0 bridgehead atoms. The van der Waals surface area contributed by atoms with Crippen LogP contribution in [0.25, 0.3) is 0 Å². The van der Waals surface area contributed by atoms with E-state index in [0.29, 0.717) is 18.2 Å². The number of ether oxygens (including phenoxy) is 1. The second kappa shape index (κ2) is 5.35. The van der Waals surface area contributed by atoms with Crippen LogP contribution in [0.4, 0.5) is 0 Å². The summed E-state index contributed by atoms with van der Waals surface area (Å²) >= 11 is 0. The van der Waals surface area contributed by atoms with Crippen molar-refractivity contribution in [2.24, 2.45) is 0 Å². The summed E-state index contributed by atoms with van der Waals surface area (Å²) in [5, 5.41) is 19.4. The molecule has 0 saturated heterocycles. The second-order valence-corrected chi connectivity index (χ2v) is 4.01. The Morgan fingerprint density at radius 2 is 1.55 bits per heavy atom. The topological polar surface area (TPSA) is 73.9 Å². The lowest BCUT2D eigenvalue weighted by atomic mass is 9.79. The number of carbonyl (C=O) groups excluding carboxylic acids is 1. The first-order chi connectivity index (χ1) is 14.2. The highest BCUT2D eigenvalue weighted by atomic mass is 16.5. The first kappa shape index (κ1) is 5.58. The first-order valence-corrected chi connectivity index (χ1v) is 5.25. The molecule has 0 aliphatic heterocycles. The van der Waals surface area contributed by atoms with Gasteiger partial charge in [-0.25, -0.2) is 4.79 Å². The van der Waals surface area contributed by atoms with Crippen molar-refractivity contribution >= 4 is 5.97 Å². The van der Waals surface area contributed by atoms with E-state index >= 15 is 0 Å². The lowest BCUT2D eigenvalue weighted by Gasteiger charge is -2.22. The molecule has 4 nitrogen and oxygen atoms in total. The monoisotopic (exact) mass is 282 g/mol. The van der Waals surface area contributed by atoms with Gasteiger partial charge in [0.05, 0.1) is 35.6 Å². The van der Waals surface area contributed by atoms with E-state index < -0.39 is 60.9 Å². The van der Waals surface area contributed by atoms with E-state index in [-0.39, 0.29) is 0 Å². The maximum absolute atomic E-state index is 12.2. The molecule has 0 heterocycles. The van der Waals surface area contributed by atoms with Crippen molar-refractivity contribution in [3.05, 3.63) is 34.9 Å². The zero-order valence-corrected chi connectivity index (χ0v) is 10.4. The van der Waals surface area contributed by atoms with Crippen LogP contribution in [0.5, 0.6) is 0 Å². The lowest BCUT2D eigenvalue weighted by Crippen LogP contribution is -2.20. The first-order valence-electron chi connectivity index (χ1n) is 11.2. The highest BCUT2D eigenvalue weighted by Crippen LogP contribution is 2.30. The van der Waals surface area contributed by atoms with Crippen LogP contribution in [0.15, 0.2) is 18.2 Å². The van der Waals surface area contributed by atoms with Crippen LogP contribution in [-0.2, 0) is 15.6 Å². The Bertz CT molecular complexity index is 877. The summed E-state index contributed by atoms with van der Waals surface area (Å²) < 4.78 is 97.1. The summed E-state index contributed by atoms with van der Waals surface area (Å²) in [6.45, 7) is -14.1. The molecule has 0 spiro atoms. The van der Waals surface area contributed by atoms with Gasteiger partial charge in [-0.05, 0) is 50.7 Å². The SMILES string of the molecule is [2H]C([2H])([2H])C(C#N)(c1cc(C(=O)OC)cc(C(C#N)(C([2H])([2H])[2H])C([2H])([2H])[2H])c1)C([2H])([2H])[2H]. The lowest BCUT2D eigenvalue weighted by molar-refractivity contribution is 0.0600. The number of nitriles is 2. The highest BCUT2D eigenvalue weighted by molar-refractivity contribution is 5.90. The molecule has 1 aromatic rings. The third-order valence-electron chi connectivity index (χ3n) is 2.56. The van der Waals surface area contributed by atoms with Crippen LogP contribution in [0, 0.1) is 22.7 Å². The maximum Gasteiger partial charge on any atom is 0.337 e. The Labute approximate surface area is 136 Å². The normalized spacial score (nSPS) is 22.8. The minimum Gasteiger partial charge on any atom is -0.465 e. The number of carbonyl (C=O) groups is 1. The Kier molecular flexibility index (Phi) is 1.49. The van der Waals surface area contributed by atoms with Gasteiger partial charge in [0.1, 0.15) is 0 Å². The standard InChI is InChI=1S/C16H18N2O2/c1-15(2,9-17)12-6-11(14(19)20-5)7-13(8-12)16(3,4)10-18/h6-8H,1-5H3/i1D3,2D3,3D3,4D3. The fraction of sp³-hybridized carbons (Fsp3) is 0.438. The van der Waals surface area contributed by atoms with Gasteiger partial charge in [0.15, 0.2) is 0 Å². The van der Waals surface area contributed by atoms with E-state index in [4.69, 9.17) is 16.4 Å². The van der Waals surface area contributed by atoms with Crippen LogP contribution in [0.2, 0.25) is 0 Å². The van der Waals surface area contributed by atoms with E-state index in [2.05, 4.69) is 4.74 Å². The molecule has 0 aliphatic carbocycles. The van der Waals surface area contributed by atoms with Gasteiger partial charge in [0, 0.05) is 16.4 Å². The minimum atomic E-state index is -3.53. The molecule has 0 atom stereocenters. The van der Waals surface area contributed by atoms with Gasteiger partial charge >= 0.3 is 5.97 Å². The Hall–Kier alpha value is -2.33. The molecule has 1 aromatic carbocycles. The summed E-state index contributed by atoms with van der Waals surface area (Å²) in [6, 6.07) is 4.40. The van der Waals surface area contributed by atoms with Crippen LogP contribution < -0.4 is 0 Å². The number of benzene rings is 1. The molecule has 20 heavy (non-hydrogen) atoms. The van der Waals surface area contributed by atoms with Crippen molar-refractivity contribution in [2.75, 3.05) is 7.11 Å². The van der Waals surface area contributed by atoms with Crippen molar-refractivity contribution in [1.29, 1.82) is 10.5 Å². The second-order valence-electron chi connectivity index (χ2n) is 4.01. The molecular weight excluding hydrogens is 252 g/mol. The van der Waals surface area contributed by atoms with Crippen molar-refractivity contribution in [3.63, 3.8) is 0 Å². The molecule has 1 rings (SSSR count). The third-order valence-corrected chi connectivity index (χ3v) is 2.56. The van der Waals surface area contributed by atoms with Gasteiger partial charge in [0.2, 0.25) is 0 Å². The van der Waals surface area contributed by atoms with E-state index in [9.17, 15) is 15.3 Å². The maximum atomic E-state index is 12.2. The molecule has 0 unspecified atom stereocenters. The van der Waals surface area contributed by atoms with Crippen molar-refractivity contribution in [3.8, 4) is 12.1 Å². The van der Waals surface area contributed by atoms with Gasteiger partial charge in [0.25, 0.3) is 0 Å². The third kappa shape index (κ3) is 2.97. The number of rotatable bonds is 3. The summed E-state index contributed by atoms with van der Waals surface area (Å²) in [4.78, 5) is 12.2. The molecule has 0 amide bonds. The summed E-state index contributed by atoms with van der Waals surface area (Å²) in [7, 11) is 0.908. The van der Waals surface area contributed by atoms with E-state index in [0.717, 1.165) is 7.11 Å². The predicted molar refractivity (Wildman–Crippen MR) is 75.1 cm³/mol. The number of hydrogen-bond donors (Lipinski definition) is 0. The Balaban J connectivity index is 4.38. The van der Waals surface area contributed by atoms with E-state index in [1.54, 1.807) is 0 Å². The van der Waals surface area contributed by atoms with Gasteiger partial charge in [-0.1, -0.05) is 6.07 Å². The quantitative estimate of drug-likeness (QED) is 0.798. The molecule has 0 N–H and O–H groups in total. The summed E-state index contributed by atoms with van der Waals surface area (Å²) in [5.41, 5.74) is -8.98. The molecule has 4 heteroatoms. The van der Waals surface area contributed by atoms with Crippen LogP contribution in [-0.4, -0.2) is 13.1 Å². The number of esters is 1. The summed E-state index contributed by atoms with van der Waals surface area (Å²) in [6.07, 6.45) is 0. The Morgan fingerprint density at radius 3 is 1.85 bits per heavy atom. The average molecular weight is 282 g/mol. The molecule has 0 fully saturated rings. The molecule has 104 valence electrons. The van der Waals surface area contributed by atoms with E-state index in [1.165, 1.54) is 12.1 Å². The van der Waals surface area contributed by atoms with Gasteiger partial charge in [-0.3, -0.25) is 0 Å².